The molecule has 4 heteroatoms. The van der Waals surface area contributed by atoms with Crippen LogP contribution in [0.2, 0.25) is 0 Å². The molecule has 0 aromatic carbocycles. The molecule has 0 saturated heterocycles. The second-order valence-corrected chi connectivity index (χ2v) is 9.41. The largest absolute Gasteiger partial charge is 0.481 e. The van der Waals surface area contributed by atoms with Gasteiger partial charge in [0.1, 0.15) is 5.60 Å². The molecule has 156 valence electrons. The molecule has 2 atom stereocenters. The Bertz CT molecular complexity index is 465. The van der Waals surface area contributed by atoms with Crippen LogP contribution in [0.5, 0.6) is 0 Å². The van der Waals surface area contributed by atoms with Crippen LogP contribution >= 0.6 is 0 Å². The average molecular weight is 381 g/mol. The molecule has 2 fully saturated rings. The minimum atomic E-state index is -0.763. The third kappa shape index (κ3) is 7.46. The Kier molecular flexibility index (Phi) is 9.11. The van der Waals surface area contributed by atoms with Crippen molar-refractivity contribution in [2.45, 2.75) is 116 Å². The predicted octanol–water partition coefficient (Wildman–Crippen LogP) is 6.12. The highest BCUT2D eigenvalue weighted by atomic mass is 16.6. The van der Waals surface area contributed by atoms with Gasteiger partial charge in [-0.2, -0.15) is 0 Å². The number of carboxylic acids is 1. The van der Waals surface area contributed by atoms with Crippen molar-refractivity contribution in [1.29, 1.82) is 0 Å². The van der Waals surface area contributed by atoms with Crippen molar-refractivity contribution >= 4 is 11.9 Å². The Morgan fingerprint density at radius 3 is 2.30 bits per heavy atom. The molecule has 2 aliphatic carbocycles. The highest BCUT2D eigenvalue weighted by Crippen LogP contribution is 2.39. The quantitative estimate of drug-likeness (QED) is 0.366. The first-order valence-corrected chi connectivity index (χ1v) is 11.4. The van der Waals surface area contributed by atoms with Crippen LogP contribution in [-0.2, 0) is 14.3 Å². The Balaban J connectivity index is 1.83. The van der Waals surface area contributed by atoms with E-state index in [1.54, 1.807) is 0 Å². The normalized spacial score (nSPS) is 25.3. The lowest BCUT2D eigenvalue weighted by Gasteiger charge is -2.39. The number of carbonyl (C=O) groups is 2. The van der Waals surface area contributed by atoms with Gasteiger partial charge in [0.2, 0.25) is 0 Å². The SMILES string of the molecule is CC(C)CCCCCCC1(OC(=O)C2CCCC(C(=O)O)C2)CCCCC1. The van der Waals surface area contributed by atoms with Gasteiger partial charge >= 0.3 is 11.9 Å². The van der Waals surface area contributed by atoms with Crippen LogP contribution in [0.25, 0.3) is 0 Å². The van der Waals surface area contributed by atoms with Gasteiger partial charge in [-0.15, -0.1) is 0 Å². The molecule has 0 aliphatic heterocycles. The first-order chi connectivity index (χ1) is 12.9. The van der Waals surface area contributed by atoms with Crippen LogP contribution in [0.4, 0.5) is 0 Å². The summed E-state index contributed by atoms with van der Waals surface area (Å²) in [6.07, 6.45) is 15.4. The van der Waals surface area contributed by atoms with Crippen molar-refractivity contribution in [2.75, 3.05) is 0 Å². The Hall–Kier alpha value is -1.06. The van der Waals surface area contributed by atoms with Crippen LogP contribution in [0.3, 0.4) is 0 Å². The highest BCUT2D eigenvalue weighted by molar-refractivity contribution is 5.76. The van der Waals surface area contributed by atoms with E-state index in [-0.39, 0.29) is 23.4 Å². The van der Waals surface area contributed by atoms with Crippen LogP contribution in [0.15, 0.2) is 0 Å². The fourth-order valence-electron chi connectivity index (χ4n) is 4.88. The zero-order valence-electron chi connectivity index (χ0n) is 17.5. The average Bonchev–Trinajstić information content (AvgIpc) is 2.65. The van der Waals surface area contributed by atoms with Gasteiger partial charge in [0.25, 0.3) is 0 Å². The molecule has 4 nitrogen and oxygen atoms in total. The standard InChI is InChI=1S/C23H40O4/c1-18(2)11-6-3-4-7-14-23(15-8-5-9-16-23)27-22(26)20-13-10-12-19(17-20)21(24)25/h18-20H,3-17H2,1-2H3,(H,24,25). The number of carboxylic acid groups (broad SMARTS) is 1. The van der Waals surface area contributed by atoms with Gasteiger partial charge in [-0.3, -0.25) is 9.59 Å². The third-order valence-electron chi connectivity index (χ3n) is 6.60. The molecule has 2 aliphatic rings. The van der Waals surface area contributed by atoms with Crippen LogP contribution in [-0.4, -0.2) is 22.6 Å². The molecular formula is C23H40O4. The minimum Gasteiger partial charge on any atom is -0.481 e. The van der Waals surface area contributed by atoms with Crippen LogP contribution < -0.4 is 0 Å². The summed E-state index contributed by atoms with van der Waals surface area (Å²) in [5.74, 6) is -0.700. The van der Waals surface area contributed by atoms with Gasteiger partial charge in [-0.05, 0) is 63.7 Å². The van der Waals surface area contributed by atoms with Crippen LogP contribution in [0, 0.1) is 17.8 Å². The number of hydrogen-bond donors (Lipinski definition) is 1. The Morgan fingerprint density at radius 2 is 1.63 bits per heavy atom. The van der Waals surface area contributed by atoms with E-state index in [0.29, 0.717) is 12.8 Å². The molecule has 0 bridgehead atoms. The minimum absolute atomic E-state index is 0.123. The first-order valence-electron chi connectivity index (χ1n) is 11.4. The summed E-state index contributed by atoms with van der Waals surface area (Å²) in [7, 11) is 0. The van der Waals surface area contributed by atoms with E-state index in [1.165, 1.54) is 32.1 Å². The summed E-state index contributed by atoms with van der Waals surface area (Å²) in [5, 5.41) is 9.28. The van der Waals surface area contributed by atoms with Gasteiger partial charge in [-0.25, -0.2) is 0 Å². The summed E-state index contributed by atoms with van der Waals surface area (Å²) < 4.78 is 6.16. The molecule has 0 amide bonds. The summed E-state index contributed by atoms with van der Waals surface area (Å²) in [5.41, 5.74) is -0.274. The molecule has 0 aromatic heterocycles. The molecule has 0 spiro atoms. The van der Waals surface area contributed by atoms with Gasteiger partial charge in [0, 0.05) is 0 Å². The lowest BCUT2D eigenvalue weighted by Crippen LogP contribution is -2.40. The second kappa shape index (κ2) is 11.1. The van der Waals surface area contributed by atoms with Crippen molar-refractivity contribution in [3.05, 3.63) is 0 Å². The van der Waals surface area contributed by atoms with Crippen molar-refractivity contribution in [3.8, 4) is 0 Å². The van der Waals surface area contributed by atoms with Gasteiger partial charge in [0.05, 0.1) is 11.8 Å². The van der Waals surface area contributed by atoms with Crippen LogP contribution in [0.1, 0.15) is 110 Å². The van der Waals surface area contributed by atoms with E-state index in [2.05, 4.69) is 13.8 Å². The maximum Gasteiger partial charge on any atom is 0.309 e. The molecule has 2 saturated carbocycles. The molecule has 2 rings (SSSR count). The number of hydrogen-bond acceptors (Lipinski definition) is 3. The molecule has 0 heterocycles. The van der Waals surface area contributed by atoms with Crippen molar-refractivity contribution in [2.24, 2.45) is 17.8 Å². The predicted molar refractivity (Wildman–Crippen MR) is 108 cm³/mol. The fraction of sp³-hybridized carbons (Fsp3) is 0.913. The Morgan fingerprint density at radius 1 is 0.963 bits per heavy atom. The summed E-state index contributed by atoms with van der Waals surface area (Å²) in [6.45, 7) is 4.55. The lowest BCUT2D eigenvalue weighted by atomic mass is 9.79. The summed E-state index contributed by atoms with van der Waals surface area (Å²) in [6, 6.07) is 0. The number of rotatable bonds is 10. The highest BCUT2D eigenvalue weighted by Gasteiger charge is 2.39. The molecule has 27 heavy (non-hydrogen) atoms. The molecule has 2 unspecified atom stereocenters. The van der Waals surface area contributed by atoms with Crippen molar-refractivity contribution in [1.82, 2.24) is 0 Å². The summed E-state index contributed by atoms with van der Waals surface area (Å²) in [4.78, 5) is 24.1. The fourth-order valence-corrected chi connectivity index (χ4v) is 4.88. The summed E-state index contributed by atoms with van der Waals surface area (Å²) >= 11 is 0. The van der Waals surface area contributed by atoms with Crippen molar-refractivity contribution in [3.63, 3.8) is 0 Å². The number of unbranched alkanes of at least 4 members (excludes halogenated alkanes) is 3. The van der Waals surface area contributed by atoms with Crippen molar-refractivity contribution < 1.29 is 19.4 Å². The van der Waals surface area contributed by atoms with Gasteiger partial charge < -0.3 is 9.84 Å². The topological polar surface area (TPSA) is 63.6 Å². The maximum absolute atomic E-state index is 12.8. The van der Waals surface area contributed by atoms with Gasteiger partial charge in [-0.1, -0.05) is 52.4 Å². The van der Waals surface area contributed by atoms with E-state index in [1.807, 2.05) is 0 Å². The van der Waals surface area contributed by atoms with E-state index in [4.69, 9.17) is 4.74 Å². The number of ether oxygens (including phenoxy) is 1. The number of esters is 1. The van der Waals surface area contributed by atoms with E-state index < -0.39 is 5.97 Å². The zero-order valence-corrected chi connectivity index (χ0v) is 17.5. The van der Waals surface area contributed by atoms with Gasteiger partial charge in [0.15, 0.2) is 0 Å². The third-order valence-corrected chi connectivity index (χ3v) is 6.60. The smallest absolute Gasteiger partial charge is 0.309 e. The number of aliphatic carboxylic acids is 1. The number of carbonyl (C=O) groups excluding carboxylic acids is 1. The lowest BCUT2D eigenvalue weighted by molar-refractivity contribution is -0.172. The van der Waals surface area contributed by atoms with E-state index in [9.17, 15) is 14.7 Å². The van der Waals surface area contributed by atoms with E-state index in [0.717, 1.165) is 57.3 Å². The Labute approximate surface area is 165 Å². The van der Waals surface area contributed by atoms with E-state index >= 15 is 0 Å². The zero-order chi connectivity index (χ0) is 19.7. The molecular weight excluding hydrogens is 340 g/mol. The first kappa shape index (κ1) is 22.2. The maximum atomic E-state index is 12.8. The monoisotopic (exact) mass is 380 g/mol. The molecule has 1 N–H and O–H groups in total. The molecule has 0 radical (unpaired) electrons. The molecule has 0 aromatic rings. The second-order valence-electron chi connectivity index (χ2n) is 9.41.